The van der Waals surface area contributed by atoms with Crippen LogP contribution in [0, 0.1) is 0 Å². The molecule has 1 atom stereocenters. The van der Waals surface area contributed by atoms with Crippen LogP contribution in [0.2, 0.25) is 0 Å². The van der Waals surface area contributed by atoms with Gasteiger partial charge in [0, 0.05) is 5.30 Å². The summed E-state index contributed by atoms with van der Waals surface area (Å²) in [6, 6.07) is 24.8. The molecule has 0 aliphatic heterocycles. The van der Waals surface area contributed by atoms with Gasteiger partial charge in [-0.2, -0.15) is 8.42 Å². The summed E-state index contributed by atoms with van der Waals surface area (Å²) in [4.78, 5) is 0. The lowest BCUT2D eigenvalue weighted by atomic mass is 10.1. The van der Waals surface area contributed by atoms with E-state index in [4.69, 9.17) is 3.97 Å². The maximum absolute atomic E-state index is 13.8. The smallest absolute Gasteiger partial charge is 0.276 e. The van der Waals surface area contributed by atoms with Crippen molar-refractivity contribution in [1.29, 1.82) is 0 Å². The summed E-state index contributed by atoms with van der Waals surface area (Å²) in [5, 5.41) is 0.696. The standard InChI is InChI=1S/C19H17O4PS/c1-25(21,22)23-24(20,17-12-6-3-7-13-17)19-15-9-8-14-18(19)16-10-4-2-5-11-16/h2-15H,1H3. The third kappa shape index (κ3) is 3.90. The van der Waals surface area contributed by atoms with Crippen LogP contribution in [0.5, 0.6) is 0 Å². The van der Waals surface area contributed by atoms with Crippen molar-refractivity contribution in [3.63, 3.8) is 0 Å². The van der Waals surface area contributed by atoms with Crippen molar-refractivity contribution < 1.29 is 17.0 Å². The van der Waals surface area contributed by atoms with Crippen LogP contribution in [0.1, 0.15) is 0 Å². The lowest BCUT2D eigenvalue weighted by Gasteiger charge is -2.20. The normalized spacial score (nSPS) is 14.0. The van der Waals surface area contributed by atoms with Crippen molar-refractivity contribution in [3.8, 4) is 11.1 Å². The van der Waals surface area contributed by atoms with Gasteiger partial charge in [0.15, 0.2) is 0 Å². The van der Waals surface area contributed by atoms with E-state index in [2.05, 4.69) is 0 Å². The summed E-state index contributed by atoms with van der Waals surface area (Å²) in [5.41, 5.74) is 1.52. The van der Waals surface area contributed by atoms with Gasteiger partial charge in [-0.05, 0) is 29.3 Å². The molecule has 0 spiro atoms. The second kappa shape index (κ2) is 6.96. The number of hydrogen-bond acceptors (Lipinski definition) is 4. The monoisotopic (exact) mass is 372 g/mol. The van der Waals surface area contributed by atoms with E-state index in [9.17, 15) is 13.0 Å². The minimum atomic E-state index is -3.94. The Hall–Kier alpha value is -2.20. The Morgan fingerprint density at radius 1 is 0.760 bits per heavy atom. The highest BCUT2D eigenvalue weighted by Gasteiger charge is 2.35. The Bertz CT molecular complexity index is 1020. The average molecular weight is 372 g/mol. The molecule has 0 heterocycles. The molecule has 0 saturated carbocycles. The SMILES string of the molecule is CS(=O)(=O)OP(=O)(c1ccccc1)c1ccccc1-c1ccccc1. The molecule has 0 N–H and O–H groups in total. The number of benzene rings is 3. The molecule has 6 heteroatoms. The second-order valence-electron chi connectivity index (χ2n) is 5.55. The maximum Gasteiger partial charge on any atom is 0.276 e. The first kappa shape index (κ1) is 17.6. The highest BCUT2D eigenvalue weighted by molar-refractivity contribution is 7.94. The Morgan fingerprint density at radius 2 is 1.28 bits per heavy atom. The van der Waals surface area contributed by atoms with Crippen molar-refractivity contribution in [2.24, 2.45) is 0 Å². The van der Waals surface area contributed by atoms with Gasteiger partial charge in [0.2, 0.25) is 0 Å². The zero-order valence-electron chi connectivity index (χ0n) is 13.6. The first-order valence-corrected chi connectivity index (χ1v) is 11.1. The van der Waals surface area contributed by atoms with Gasteiger partial charge in [-0.3, -0.25) is 4.57 Å². The van der Waals surface area contributed by atoms with Crippen molar-refractivity contribution >= 4 is 28.1 Å². The molecule has 0 amide bonds. The van der Waals surface area contributed by atoms with Gasteiger partial charge in [0.1, 0.15) is 0 Å². The fourth-order valence-corrected chi connectivity index (χ4v) is 6.47. The molecule has 0 bridgehead atoms. The van der Waals surface area contributed by atoms with Gasteiger partial charge in [0.25, 0.3) is 17.5 Å². The maximum atomic E-state index is 13.8. The van der Waals surface area contributed by atoms with Crippen LogP contribution in [0.3, 0.4) is 0 Å². The van der Waals surface area contributed by atoms with Crippen molar-refractivity contribution in [2.45, 2.75) is 0 Å². The zero-order chi connectivity index (χ0) is 17.9. The van der Waals surface area contributed by atoms with E-state index in [1.54, 1.807) is 42.5 Å². The molecular weight excluding hydrogens is 355 g/mol. The highest BCUT2D eigenvalue weighted by atomic mass is 32.2. The predicted molar refractivity (Wildman–Crippen MR) is 101 cm³/mol. The van der Waals surface area contributed by atoms with Crippen LogP contribution in [0.4, 0.5) is 0 Å². The first-order chi connectivity index (χ1) is 11.9. The van der Waals surface area contributed by atoms with Crippen molar-refractivity contribution in [1.82, 2.24) is 0 Å². The molecule has 3 rings (SSSR count). The third-order valence-corrected chi connectivity index (χ3v) is 7.57. The molecule has 128 valence electrons. The van der Waals surface area contributed by atoms with Crippen LogP contribution in [0.15, 0.2) is 84.9 Å². The van der Waals surface area contributed by atoms with Crippen LogP contribution in [-0.4, -0.2) is 14.7 Å². The van der Waals surface area contributed by atoms with E-state index in [0.29, 0.717) is 16.2 Å². The van der Waals surface area contributed by atoms with Gasteiger partial charge in [-0.15, -0.1) is 0 Å². The summed E-state index contributed by atoms with van der Waals surface area (Å²) in [6.45, 7) is 0. The molecule has 0 aliphatic carbocycles. The lowest BCUT2D eigenvalue weighted by molar-refractivity contribution is 0.478. The van der Waals surface area contributed by atoms with Gasteiger partial charge in [0.05, 0.1) is 11.6 Å². The molecule has 0 saturated heterocycles. The second-order valence-corrected chi connectivity index (χ2v) is 9.65. The minimum absolute atomic E-state index is 0.337. The van der Waals surface area contributed by atoms with Crippen molar-refractivity contribution in [2.75, 3.05) is 6.26 Å². The number of hydrogen-bond donors (Lipinski definition) is 0. The third-order valence-electron chi connectivity index (χ3n) is 3.64. The van der Waals surface area contributed by atoms with Gasteiger partial charge < -0.3 is 0 Å². The fourth-order valence-electron chi connectivity index (χ4n) is 2.63. The van der Waals surface area contributed by atoms with Gasteiger partial charge in [-0.1, -0.05) is 66.7 Å². The molecule has 25 heavy (non-hydrogen) atoms. The topological polar surface area (TPSA) is 60.4 Å². The zero-order valence-corrected chi connectivity index (χ0v) is 15.3. The molecule has 0 aliphatic rings. The molecular formula is C19H17O4PS. The van der Waals surface area contributed by atoms with E-state index in [-0.39, 0.29) is 0 Å². The lowest BCUT2D eigenvalue weighted by Crippen LogP contribution is -2.22. The quantitative estimate of drug-likeness (QED) is 0.643. The van der Waals surface area contributed by atoms with Gasteiger partial charge >= 0.3 is 0 Å². The molecule has 1 unspecified atom stereocenters. The fraction of sp³-hybridized carbons (Fsp3) is 0.0526. The van der Waals surface area contributed by atoms with E-state index < -0.39 is 17.5 Å². The molecule has 0 fully saturated rings. The molecule has 0 radical (unpaired) electrons. The summed E-state index contributed by atoms with van der Waals surface area (Å²) >= 11 is 0. The summed E-state index contributed by atoms with van der Waals surface area (Å²) in [6.07, 6.45) is 0.910. The van der Waals surface area contributed by atoms with E-state index in [1.165, 1.54) is 0 Å². The van der Waals surface area contributed by atoms with E-state index in [0.717, 1.165) is 11.8 Å². The molecule has 3 aromatic rings. The van der Waals surface area contributed by atoms with Crippen molar-refractivity contribution in [3.05, 3.63) is 84.9 Å². The van der Waals surface area contributed by atoms with E-state index in [1.807, 2.05) is 42.5 Å². The highest BCUT2D eigenvalue weighted by Crippen LogP contribution is 2.48. The molecule has 0 aromatic heterocycles. The Balaban J connectivity index is 2.28. The Morgan fingerprint density at radius 3 is 1.88 bits per heavy atom. The molecule has 4 nitrogen and oxygen atoms in total. The summed E-state index contributed by atoms with van der Waals surface area (Å²) in [7, 11) is -7.78. The Labute approximate surface area is 147 Å². The van der Waals surface area contributed by atoms with Crippen LogP contribution in [-0.2, 0) is 18.7 Å². The summed E-state index contributed by atoms with van der Waals surface area (Å²) < 4.78 is 42.7. The molecule has 3 aromatic carbocycles. The van der Waals surface area contributed by atoms with Crippen LogP contribution >= 0.6 is 7.37 Å². The minimum Gasteiger partial charge on any atom is -0.281 e. The largest absolute Gasteiger partial charge is 0.281 e. The van der Waals surface area contributed by atoms with Crippen LogP contribution in [0.25, 0.3) is 11.1 Å². The average Bonchev–Trinajstić information content (AvgIpc) is 2.62. The van der Waals surface area contributed by atoms with E-state index >= 15 is 0 Å². The van der Waals surface area contributed by atoms with Crippen LogP contribution < -0.4 is 10.6 Å². The predicted octanol–water partition coefficient (Wildman–Crippen LogP) is 3.56. The number of rotatable bonds is 5. The first-order valence-electron chi connectivity index (χ1n) is 7.62. The van der Waals surface area contributed by atoms with Gasteiger partial charge in [-0.25, -0.2) is 3.97 Å². The Kier molecular flexibility index (Phi) is 4.91. The summed E-state index contributed by atoms with van der Waals surface area (Å²) in [5.74, 6) is 0.